The van der Waals surface area contributed by atoms with Gasteiger partial charge in [0.1, 0.15) is 0 Å². The van der Waals surface area contributed by atoms with Gasteiger partial charge in [0, 0.05) is 1.37 Å². The molecule has 0 spiro atoms. The molecule has 1 aromatic rings. The Morgan fingerprint density at radius 3 is 3.09 bits per heavy atom. The van der Waals surface area contributed by atoms with Crippen molar-refractivity contribution in [3.63, 3.8) is 0 Å². The standard InChI is InChI=1S/C7H5NOS.CH4/c8-4-3-6(9)7-2-1-5-10-7;/h1-2,5H,3H2;1H4/i;1T. The van der Waals surface area contributed by atoms with Gasteiger partial charge in [-0.3, -0.25) is 4.79 Å². The van der Waals surface area contributed by atoms with Crippen molar-refractivity contribution in [3.05, 3.63) is 22.4 Å². The van der Waals surface area contributed by atoms with E-state index < -0.39 is 0 Å². The number of ketones is 1. The van der Waals surface area contributed by atoms with Crippen LogP contribution in [0.3, 0.4) is 0 Å². The fourth-order valence-corrected chi connectivity index (χ4v) is 1.26. The highest BCUT2D eigenvalue weighted by Crippen LogP contribution is 2.10. The predicted octanol–water partition coefficient (Wildman–Crippen LogP) is 2.48. The van der Waals surface area contributed by atoms with Crippen LogP contribution in [-0.2, 0) is 0 Å². The van der Waals surface area contributed by atoms with Crippen molar-refractivity contribution >= 4 is 17.1 Å². The molecule has 0 saturated carbocycles. The minimum absolute atomic E-state index is 0.0134. The van der Waals surface area contributed by atoms with Crippen LogP contribution in [-0.4, -0.2) is 5.78 Å². The monoisotopic (exact) mass is 169 g/mol. The molecule has 0 amide bonds. The molecule has 0 saturated heterocycles. The Morgan fingerprint density at radius 2 is 2.64 bits per heavy atom. The Kier molecular flexibility index (Phi) is 3.36. The Morgan fingerprint density at radius 1 is 1.91 bits per heavy atom. The second-order valence-corrected chi connectivity index (χ2v) is 2.68. The number of nitriles is 1. The number of nitrogens with zero attached hydrogens (tertiary/aromatic N) is 1. The maximum absolute atomic E-state index is 10.9. The zero-order valence-corrected chi connectivity index (χ0v) is 7.02. The Hall–Kier alpha value is -1.14. The largest absolute Gasteiger partial charge is 0.292 e. The van der Waals surface area contributed by atoms with Crippen molar-refractivity contribution < 1.29 is 6.17 Å². The second-order valence-electron chi connectivity index (χ2n) is 1.74. The van der Waals surface area contributed by atoms with Crippen molar-refractivity contribution in [3.8, 4) is 6.07 Å². The van der Waals surface area contributed by atoms with Gasteiger partial charge in [0.15, 0.2) is 5.78 Å². The minimum Gasteiger partial charge on any atom is -0.292 e. The van der Waals surface area contributed by atoms with Gasteiger partial charge in [0.25, 0.3) is 0 Å². The summed E-state index contributed by atoms with van der Waals surface area (Å²) in [5.74, 6) is -0.0856. The van der Waals surface area contributed by atoms with Crippen molar-refractivity contribution in [2.45, 2.75) is 13.8 Å². The van der Waals surface area contributed by atoms with Crippen LogP contribution < -0.4 is 0 Å². The van der Waals surface area contributed by atoms with Crippen molar-refractivity contribution in [2.75, 3.05) is 0 Å². The summed E-state index contributed by atoms with van der Waals surface area (Å²) >= 11 is 1.37. The van der Waals surface area contributed by atoms with E-state index in [2.05, 4.69) is 0 Å². The third kappa shape index (κ3) is 2.52. The topological polar surface area (TPSA) is 40.9 Å². The first-order valence-corrected chi connectivity index (χ1v) is 3.66. The van der Waals surface area contributed by atoms with Crippen LogP contribution in [0.25, 0.3) is 0 Å². The van der Waals surface area contributed by atoms with E-state index in [1.54, 1.807) is 12.1 Å². The van der Waals surface area contributed by atoms with Crippen LogP contribution in [0, 0.1) is 11.3 Å². The zero-order chi connectivity index (χ0) is 9.40. The van der Waals surface area contributed by atoms with Crippen LogP contribution >= 0.6 is 11.3 Å². The molecule has 0 atom stereocenters. The molecule has 0 radical (unpaired) electrons. The fourth-order valence-electron chi connectivity index (χ4n) is 0.596. The van der Waals surface area contributed by atoms with E-state index in [1.165, 1.54) is 18.7 Å². The van der Waals surface area contributed by atoms with Crippen LogP contribution in [0.1, 0.15) is 24.9 Å². The molecule has 1 rings (SSSR count). The summed E-state index contributed by atoms with van der Waals surface area (Å²) in [6.45, 7) is 0. The number of Topliss-reactive ketones (excluding diaryl/α,β-unsaturated/α-hetero) is 1. The van der Waals surface area contributed by atoms with E-state index >= 15 is 0 Å². The lowest BCUT2D eigenvalue weighted by Crippen LogP contribution is -1.91. The molecule has 0 fully saturated rings. The third-order valence-electron chi connectivity index (χ3n) is 1.04. The zero-order valence-electron chi connectivity index (χ0n) is 7.20. The molecule has 0 N–H and O–H groups in total. The van der Waals surface area contributed by atoms with Gasteiger partial charge in [0.05, 0.1) is 17.4 Å². The summed E-state index contributed by atoms with van der Waals surface area (Å²) in [5, 5.41) is 9.99. The van der Waals surface area contributed by atoms with E-state index in [0.29, 0.717) is 4.88 Å². The minimum atomic E-state index is -0.0856. The third-order valence-corrected chi connectivity index (χ3v) is 1.95. The van der Waals surface area contributed by atoms with Gasteiger partial charge in [-0.25, -0.2) is 0 Å². The molecular weight excluding hydrogens is 158 g/mol. The highest BCUT2D eigenvalue weighted by molar-refractivity contribution is 7.12. The van der Waals surface area contributed by atoms with Crippen LogP contribution in [0.15, 0.2) is 17.5 Å². The van der Waals surface area contributed by atoms with Crippen LogP contribution in [0.4, 0.5) is 0 Å². The molecule has 3 heteroatoms. The number of hydrogen-bond donors (Lipinski definition) is 0. The lowest BCUT2D eigenvalue weighted by Gasteiger charge is -1.84. The van der Waals surface area contributed by atoms with Crippen LogP contribution in [0.5, 0.6) is 0 Å². The number of carbonyl (C=O) groups is 1. The lowest BCUT2D eigenvalue weighted by atomic mass is 10.2. The van der Waals surface area contributed by atoms with Gasteiger partial charge in [-0.05, 0) is 11.4 Å². The summed E-state index contributed by atoms with van der Waals surface area (Å²) in [6, 6.07) is 5.34. The molecule has 11 heavy (non-hydrogen) atoms. The van der Waals surface area contributed by atoms with Gasteiger partial charge in [-0.1, -0.05) is 13.5 Å². The number of carbonyl (C=O) groups excluding carboxylic acids is 1. The molecule has 58 valence electrons. The number of hydrogen-bond acceptors (Lipinski definition) is 3. The van der Waals surface area contributed by atoms with Gasteiger partial charge >= 0.3 is 0 Å². The van der Waals surface area contributed by atoms with Gasteiger partial charge < -0.3 is 0 Å². The first-order chi connectivity index (χ1) is 5.84. The summed E-state index contributed by atoms with van der Waals surface area (Å²) in [4.78, 5) is 11.6. The molecule has 0 aromatic carbocycles. The fraction of sp³-hybridized carbons (Fsp3) is 0.250. The maximum atomic E-state index is 10.9. The summed E-state index contributed by atoms with van der Waals surface area (Å²) in [7, 11) is 1.25. The number of thiophene rings is 1. The average molecular weight is 169 g/mol. The van der Waals surface area contributed by atoms with E-state index in [0.717, 1.165) is 0 Å². The van der Waals surface area contributed by atoms with Crippen molar-refractivity contribution in [1.29, 1.82) is 5.26 Å². The maximum Gasteiger partial charge on any atom is 0.186 e. The molecule has 1 heterocycles. The van der Waals surface area contributed by atoms with Gasteiger partial charge in [-0.2, -0.15) is 5.26 Å². The van der Waals surface area contributed by atoms with E-state index in [1.807, 2.05) is 11.4 Å². The van der Waals surface area contributed by atoms with E-state index in [9.17, 15) is 4.79 Å². The van der Waals surface area contributed by atoms with Crippen molar-refractivity contribution in [2.24, 2.45) is 0 Å². The van der Waals surface area contributed by atoms with Crippen LogP contribution in [0.2, 0.25) is 0 Å². The van der Waals surface area contributed by atoms with E-state index in [-0.39, 0.29) is 12.2 Å². The molecule has 0 unspecified atom stereocenters. The summed E-state index contributed by atoms with van der Waals surface area (Å²) in [6.07, 6.45) is -0.0134. The first-order valence-electron chi connectivity index (χ1n) is 3.78. The van der Waals surface area contributed by atoms with Gasteiger partial charge in [-0.15, -0.1) is 11.3 Å². The highest BCUT2D eigenvalue weighted by atomic mass is 32.1. The summed E-state index contributed by atoms with van der Waals surface area (Å²) in [5.41, 5.74) is 0. The smallest absolute Gasteiger partial charge is 0.186 e. The molecule has 0 aliphatic rings. The molecule has 0 aliphatic heterocycles. The molecule has 1 aromatic heterocycles. The van der Waals surface area contributed by atoms with Crippen molar-refractivity contribution in [1.82, 2.24) is 0 Å². The van der Waals surface area contributed by atoms with E-state index in [4.69, 9.17) is 6.63 Å². The summed E-state index contributed by atoms with van der Waals surface area (Å²) < 4.78 is 5.75. The normalized spacial score (nSPS) is 8.55. The SMILES string of the molecule is N#CCC(=O)c1cccs1.[3H]C. The first kappa shape index (κ1) is 7.96. The Bertz CT molecular complexity index is 263. The Balaban J connectivity index is 0.000000561. The Labute approximate surface area is 71.5 Å². The molecule has 0 bridgehead atoms. The second kappa shape index (κ2) is 4.64. The lowest BCUT2D eigenvalue weighted by molar-refractivity contribution is 0.100. The molecule has 0 aliphatic carbocycles. The average Bonchev–Trinajstić information content (AvgIpc) is 2.60. The highest BCUT2D eigenvalue weighted by Gasteiger charge is 2.03. The quantitative estimate of drug-likeness (QED) is 0.638. The number of rotatable bonds is 2. The predicted molar refractivity (Wildman–Crippen MR) is 45.6 cm³/mol. The molecular formula is C8H9NOS. The van der Waals surface area contributed by atoms with Gasteiger partial charge in [0.2, 0.25) is 0 Å². The molecule has 2 nitrogen and oxygen atoms in total.